The Morgan fingerprint density at radius 2 is 1.48 bits per heavy atom. The van der Waals surface area contributed by atoms with Gasteiger partial charge in [-0.1, -0.05) is 84.4 Å². The number of amides is 2. The van der Waals surface area contributed by atoms with E-state index >= 15 is 0 Å². The minimum absolute atomic E-state index is 0.121. The quantitative estimate of drug-likeness (QED) is 0.431. The second-order valence-corrected chi connectivity index (χ2v) is 8.24. The summed E-state index contributed by atoms with van der Waals surface area (Å²) in [7, 11) is 1.59. The number of rotatable bonds is 11. The van der Waals surface area contributed by atoms with Crippen molar-refractivity contribution < 1.29 is 14.3 Å². The second-order valence-electron chi connectivity index (χ2n) is 7.80. The van der Waals surface area contributed by atoms with E-state index < -0.39 is 6.04 Å². The molecule has 0 spiro atoms. The van der Waals surface area contributed by atoms with Gasteiger partial charge in [-0.15, -0.1) is 0 Å². The number of carbonyl (C=O) groups excluding carboxylic acids is 2. The highest BCUT2D eigenvalue weighted by Crippen LogP contribution is 2.17. The lowest BCUT2D eigenvalue weighted by Crippen LogP contribution is -2.51. The van der Waals surface area contributed by atoms with Crippen molar-refractivity contribution in [2.24, 2.45) is 0 Å². The van der Waals surface area contributed by atoms with Crippen molar-refractivity contribution >= 4 is 23.4 Å². The minimum Gasteiger partial charge on any atom is -0.383 e. The summed E-state index contributed by atoms with van der Waals surface area (Å²) in [5, 5.41) is 3.54. The fraction of sp³-hybridized carbons (Fsp3) is 0.259. The summed E-state index contributed by atoms with van der Waals surface area (Å²) in [5.41, 5.74) is 2.80. The Morgan fingerprint density at radius 3 is 2.09 bits per heavy atom. The van der Waals surface area contributed by atoms with Gasteiger partial charge in [0.2, 0.25) is 11.8 Å². The number of benzene rings is 3. The maximum absolute atomic E-state index is 13.6. The lowest BCUT2D eigenvalue weighted by Gasteiger charge is -2.31. The van der Waals surface area contributed by atoms with E-state index in [1.54, 1.807) is 24.1 Å². The van der Waals surface area contributed by atoms with Gasteiger partial charge in [0.05, 0.1) is 13.0 Å². The topological polar surface area (TPSA) is 58.6 Å². The van der Waals surface area contributed by atoms with Crippen molar-refractivity contribution in [3.05, 3.63) is 107 Å². The van der Waals surface area contributed by atoms with Gasteiger partial charge in [0.15, 0.2) is 0 Å². The molecule has 3 aromatic rings. The summed E-state index contributed by atoms with van der Waals surface area (Å²) >= 11 is 6.00. The van der Waals surface area contributed by atoms with Crippen LogP contribution in [-0.4, -0.2) is 43.0 Å². The molecule has 0 bridgehead atoms. The average molecular weight is 465 g/mol. The molecule has 0 aliphatic carbocycles. The summed E-state index contributed by atoms with van der Waals surface area (Å²) in [6, 6.07) is 26.0. The van der Waals surface area contributed by atoms with Gasteiger partial charge in [0.1, 0.15) is 6.04 Å². The predicted molar refractivity (Wildman–Crippen MR) is 131 cm³/mol. The molecule has 0 saturated carbocycles. The van der Waals surface area contributed by atoms with Gasteiger partial charge in [0.25, 0.3) is 0 Å². The van der Waals surface area contributed by atoms with Crippen LogP contribution in [0, 0.1) is 0 Å². The molecule has 0 aromatic heterocycles. The molecule has 3 aromatic carbocycles. The van der Waals surface area contributed by atoms with Gasteiger partial charge in [-0.05, 0) is 28.8 Å². The van der Waals surface area contributed by atoms with Gasteiger partial charge in [-0.3, -0.25) is 9.59 Å². The van der Waals surface area contributed by atoms with Gasteiger partial charge < -0.3 is 15.0 Å². The maximum Gasteiger partial charge on any atom is 0.243 e. The molecule has 33 heavy (non-hydrogen) atoms. The molecule has 0 fully saturated rings. The van der Waals surface area contributed by atoms with E-state index in [4.69, 9.17) is 16.3 Å². The van der Waals surface area contributed by atoms with Gasteiger partial charge in [-0.2, -0.15) is 0 Å². The van der Waals surface area contributed by atoms with E-state index in [-0.39, 0.29) is 18.2 Å². The SMILES string of the molecule is COCCNC(=O)[C@H](Cc1ccccc1)N(Cc1ccccc1)C(=O)Cc1ccc(Cl)cc1. The number of hydrogen-bond donors (Lipinski definition) is 1. The van der Waals surface area contributed by atoms with Crippen LogP contribution in [0.4, 0.5) is 0 Å². The summed E-state index contributed by atoms with van der Waals surface area (Å²) in [6.07, 6.45) is 0.597. The van der Waals surface area contributed by atoms with E-state index in [9.17, 15) is 9.59 Å². The Kier molecular flexibility index (Phi) is 9.48. The Balaban J connectivity index is 1.90. The first-order chi connectivity index (χ1) is 16.1. The van der Waals surface area contributed by atoms with E-state index in [0.717, 1.165) is 16.7 Å². The number of methoxy groups -OCH3 is 1. The summed E-state index contributed by atoms with van der Waals surface area (Å²) < 4.78 is 5.08. The van der Waals surface area contributed by atoms with Crippen LogP contribution < -0.4 is 5.32 Å². The zero-order chi connectivity index (χ0) is 23.5. The van der Waals surface area contributed by atoms with Crippen molar-refractivity contribution in [1.29, 1.82) is 0 Å². The van der Waals surface area contributed by atoms with Crippen LogP contribution in [0.15, 0.2) is 84.9 Å². The van der Waals surface area contributed by atoms with Gasteiger partial charge >= 0.3 is 0 Å². The molecule has 0 radical (unpaired) electrons. The first kappa shape index (κ1) is 24.5. The molecule has 6 heteroatoms. The predicted octanol–water partition coefficient (Wildman–Crippen LogP) is 4.29. The Hall–Kier alpha value is -3.15. The standard InChI is InChI=1S/C27H29ClN2O3/c1-33-17-16-29-27(32)25(18-21-8-4-2-5-9-21)30(20-23-10-6-3-7-11-23)26(31)19-22-12-14-24(28)15-13-22/h2-15,25H,16-20H2,1H3,(H,29,32)/t25-/m0/s1. The Morgan fingerprint density at radius 1 is 0.879 bits per heavy atom. The molecule has 172 valence electrons. The number of hydrogen-bond acceptors (Lipinski definition) is 3. The second kappa shape index (κ2) is 12.8. The Labute approximate surface area is 200 Å². The summed E-state index contributed by atoms with van der Waals surface area (Å²) in [5.74, 6) is -0.319. The van der Waals surface area contributed by atoms with Crippen molar-refractivity contribution in [3.8, 4) is 0 Å². The van der Waals surface area contributed by atoms with Crippen molar-refractivity contribution in [2.45, 2.75) is 25.4 Å². The number of halogens is 1. The maximum atomic E-state index is 13.6. The summed E-state index contributed by atoms with van der Waals surface area (Å²) in [4.78, 5) is 28.5. The molecule has 0 unspecified atom stereocenters. The lowest BCUT2D eigenvalue weighted by molar-refractivity contribution is -0.140. The van der Waals surface area contributed by atoms with Crippen LogP contribution in [-0.2, 0) is 33.7 Å². The Bertz CT molecular complexity index is 1010. The third-order valence-electron chi connectivity index (χ3n) is 5.34. The van der Waals surface area contributed by atoms with Crippen LogP contribution in [0.25, 0.3) is 0 Å². The van der Waals surface area contributed by atoms with Crippen molar-refractivity contribution in [1.82, 2.24) is 10.2 Å². The highest BCUT2D eigenvalue weighted by molar-refractivity contribution is 6.30. The highest BCUT2D eigenvalue weighted by Gasteiger charge is 2.30. The molecule has 0 heterocycles. The largest absolute Gasteiger partial charge is 0.383 e. The average Bonchev–Trinajstić information content (AvgIpc) is 2.84. The minimum atomic E-state index is -0.663. The molecular formula is C27H29ClN2O3. The molecule has 5 nitrogen and oxygen atoms in total. The monoisotopic (exact) mass is 464 g/mol. The van der Waals surface area contributed by atoms with Crippen LogP contribution in [0.1, 0.15) is 16.7 Å². The van der Waals surface area contributed by atoms with Gasteiger partial charge in [0, 0.05) is 31.6 Å². The van der Waals surface area contributed by atoms with E-state index in [2.05, 4.69) is 5.32 Å². The molecular weight excluding hydrogens is 436 g/mol. The van der Waals surface area contributed by atoms with Crippen LogP contribution >= 0.6 is 11.6 Å². The third kappa shape index (κ3) is 7.74. The van der Waals surface area contributed by atoms with E-state index in [1.165, 1.54) is 0 Å². The van der Waals surface area contributed by atoms with Crippen molar-refractivity contribution in [3.63, 3.8) is 0 Å². The number of carbonyl (C=O) groups is 2. The molecule has 0 aliphatic rings. The number of nitrogens with one attached hydrogen (secondary N) is 1. The normalized spacial score (nSPS) is 11.6. The molecule has 2 amide bonds. The number of nitrogens with zero attached hydrogens (tertiary/aromatic N) is 1. The van der Waals surface area contributed by atoms with Crippen molar-refractivity contribution in [2.75, 3.05) is 20.3 Å². The van der Waals surface area contributed by atoms with Crippen LogP contribution in [0.5, 0.6) is 0 Å². The fourth-order valence-electron chi connectivity index (χ4n) is 3.61. The lowest BCUT2D eigenvalue weighted by atomic mass is 10.0. The van der Waals surface area contributed by atoms with Crippen LogP contribution in [0.3, 0.4) is 0 Å². The highest BCUT2D eigenvalue weighted by atomic mass is 35.5. The third-order valence-corrected chi connectivity index (χ3v) is 5.59. The van der Waals surface area contributed by atoms with E-state index in [0.29, 0.717) is 31.1 Å². The molecule has 1 atom stereocenters. The molecule has 3 rings (SSSR count). The molecule has 0 saturated heterocycles. The molecule has 1 N–H and O–H groups in total. The zero-order valence-corrected chi connectivity index (χ0v) is 19.5. The summed E-state index contributed by atoms with van der Waals surface area (Å²) in [6.45, 7) is 1.12. The fourth-order valence-corrected chi connectivity index (χ4v) is 3.73. The molecule has 0 aliphatic heterocycles. The smallest absolute Gasteiger partial charge is 0.243 e. The zero-order valence-electron chi connectivity index (χ0n) is 18.7. The van der Waals surface area contributed by atoms with Crippen LogP contribution in [0.2, 0.25) is 5.02 Å². The first-order valence-corrected chi connectivity index (χ1v) is 11.3. The van der Waals surface area contributed by atoms with E-state index in [1.807, 2.05) is 72.8 Å². The number of ether oxygens (including phenoxy) is 1. The van der Waals surface area contributed by atoms with Gasteiger partial charge in [-0.25, -0.2) is 0 Å². The first-order valence-electron chi connectivity index (χ1n) is 10.9.